The molecule has 2 aromatic carbocycles. The third-order valence-electron chi connectivity index (χ3n) is 3.64. The normalized spacial score (nSPS) is 13.5. The van der Waals surface area contributed by atoms with Crippen LogP contribution in [0.3, 0.4) is 0 Å². The quantitative estimate of drug-likeness (QED) is 0.886. The van der Waals surface area contributed by atoms with E-state index in [9.17, 15) is 10.2 Å². The van der Waals surface area contributed by atoms with Crippen LogP contribution in [-0.2, 0) is 0 Å². The molecule has 0 spiro atoms. The number of ether oxygens (including phenoxy) is 2. The van der Waals surface area contributed by atoms with E-state index in [0.717, 1.165) is 5.56 Å². The lowest BCUT2D eigenvalue weighted by molar-refractivity contribution is 0.150. The predicted octanol–water partition coefficient (Wildman–Crippen LogP) is 3.25. The summed E-state index contributed by atoms with van der Waals surface area (Å²) in [5, 5.41) is 20.6. The lowest BCUT2D eigenvalue weighted by Gasteiger charge is -2.22. The molecule has 0 heterocycles. The minimum absolute atomic E-state index is 0.0788. The second-order valence-corrected chi connectivity index (χ2v) is 4.91. The third kappa shape index (κ3) is 3.11. The summed E-state index contributed by atoms with van der Waals surface area (Å²) >= 11 is 0. The molecule has 0 amide bonds. The second kappa shape index (κ2) is 6.50. The number of aliphatic hydroxyl groups is 1. The van der Waals surface area contributed by atoms with Gasteiger partial charge < -0.3 is 19.7 Å². The third-order valence-corrected chi connectivity index (χ3v) is 3.64. The van der Waals surface area contributed by atoms with Gasteiger partial charge in [0.2, 0.25) is 0 Å². The highest BCUT2D eigenvalue weighted by Crippen LogP contribution is 2.41. The highest BCUT2D eigenvalue weighted by Gasteiger charge is 2.23. The zero-order valence-electron chi connectivity index (χ0n) is 12.4. The Kier molecular flexibility index (Phi) is 4.70. The maximum absolute atomic E-state index is 10.5. The van der Waals surface area contributed by atoms with Crippen LogP contribution in [0.25, 0.3) is 0 Å². The summed E-state index contributed by atoms with van der Waals surface area (Å²) in [4.78, 5) is 0. The first kappa shape index (κ1) is 15.2. The van der Waals surface area contributed by atoms with Crippen LogP contribution in [0.15, 0.2) is 42.5 Å². The number of rotatable bonds is 5. The van der Waals surface area contributed by atoms with Gasteiger partial charge in [-0.25, -0.2) is 0 Å². The lowest BCUT2D eigenvalue weighted by Crippen LogP contribution is -2.08. The molecule has 0 aliphatic heterocycles. The van der Waals surface area contributed by atoms with E-state index in [1.54, 1.807) is 6.07 Å². The molecule has 4 heteroatoms. The molecule has 112 valence electrons. The molecule has 0 fully saturated rings. The highest BCUT2D eigenvalue weighted by molar-refractivity contribution is 5.51. The first-order valence-electron chi connectivity index (χ1n) is 6.76. The van der Waals surface area contributed by atoms with Crippen LogP contribution in [0.2, 0.25) is 0 Å². The zero-order chi connectivity index (χ0) is 15.4. The van der Waals surface area contributed by atoms with E-state index >= 15 is 0 Å². The number of benzene rings is 2. The Morgan fingerprint density at radius 3 is 2.10 bits per heavy atom. The molecule has 0 aliphatic carbocycles. The van der Waals surface area contributed by atoms with Gasteiger partial charge in [-0.05, 0) is 11.6 Å². The fourth-order valence-corrected chi connectivity index (χ4v) is 2.36. The van der Waals surface area contributed by atoms with Gasteiger partial charge in [-0.3, -0.25) is 0 Å². The van der Waals surface area contributed by atoms with Crippen LogP contribution >= 0.6 is 0 Å². The van der Waals surface area contributed by atoms with Crippen molar-refractivity contribution in [2.24, 2.45) is 0 Å². The Balaban J connectivity index is 2.37. The Bertz CT molecular complexity index is 595. The van der Waals surface area contributed by atoms with Crippen molar-refractivity contribution in [1.82, 2.24) is 0 Å². The van der Waals surface area contributed by atoms with Gasteiger partial charge in [0.05, 0.1) is 20.3 Å². The zero-order valence-corrected chi connectivity index (χ0v) is 12.4. The van der Waals surface area contributed by atoms with Crippen molar-refractivity contribution in [3.8, 4) is 17.2 Å². The SMILES string of the molecule is COc1cc(O)c([C@H](C)[C@H](O)c2ccccc2)cc1OC. The molecule has 0 unspecified atom stereocenters. The Morgan fingerprint density at radius 1 is 0.952 bits per heavy atom. The monoisotopic (exact) mass is 288 g/mol. The van der Waals surface area contributed by atoms with E-state index < -0.39 is 6.10 Å². The Morgan fingerprint density at radius 2 is 1.52 bits per heavy atom. The number of methoxy groups -OCH3 is 2. The first-order chi connectivity index (χ1) is 10.1. The maximum atomic E-state index is 10.5. The molecule has 0 saturated heterocycles. The van der Waals surface area contributed by atoms with Crippen LogP contribution in [-0.4, -0.2) is 24.4 Å². The standard InChI is InChI=1S/C17H20O4/c1-11(17(19)12-7-5-4-6-8-12)13-9-15(20-2)16(21-3)10-14(13)18/h4-11,17-19H,1-3H3/t11-,17-/m0/s1. The van der Waals surface area contributed by atoms with E-state index in [1.165, 1.54) is 20.3 Å². The topological polar surface area (TPSA) is 58.9 Å². The minimum Gasteiger partial charge on any atom is -0.508 e. The van der Waals surface area contributed by atoms with Crippen molar-refractivity contribution in [3.05, 3.63) is 53.6 Å². The lowest BCUT2D eigenvalue weighted by atomic mass is 9.90. The van der Waals surface area contributed by atoms with E-state index in [0.29, 0.717) is 17.1 Å². The molecule has 0 aliphatic rings. The van der Waals surface area contributed by atoms with Crippen LogP contribution in [0.5, 0.6) is 17.2 Å². The molecular weight excluding hydrogens is 268 g/mol. The molecule has 2 atom stereocenters. The molecule has 0 aromatic heterocycles. The number of phenolic OH excluding ortho intramolecular Hbond substituents is 1. The van der Waals surface area contributed by atoms with E-state index in [4.69, 9.17) is 9.47 Å². The van der Waals surface area contributed by atoms with Crippen LogP contribution < -0.4 is 9.47 Å². The molecule has 2 N–H and O–H groups in total. The molecule has 2 aromatic rings. The van der Waals surface area contributed by atoms with Crippen LogP contribution in [0.1, 0.15) is 30.1 Å². The van der Waals surface area contributed by atoms with Gasteiger partial charge in [-0.1, -0.05) is 37.3 Å². The summed E-state index contributed by atoms with van der Waals surface area (Å²) in [6.07, 6.45) is -0.713. The second-order valence-electron chi connectivity index (χ2n) is 4.91. The van der Waals surface area contributed by atoms with Crippen molar-refractivity contribution >= 4 is 0 Å². The number of hydrogen-bond donors (Lipinski definition) is 2. The Hall–Kier alpha value is -2.20. The average molecular weight is 288 g/mol. The van der Waals surface area contributed by atoms with E-state index in [-0.39, 0.29) is 11.7 Å². The van der Waals surface area contributed by atoms with Crippen molar-refractivity contribution in [2.75, 3.05) is 14.2 Å². The predicted molar refractivity (Wildman–Crippen MR) is 81.0 cm³/mol. The summed E-state index contributed by atoms with van der Waals surface area (Å²) in [7, 11) is 3.05. The van der Waals surface area contributed by atoms with Crippen molar-refractivity contribution in [1.29, 1.82) is 0 Å². The molecule has 0 saturated carbocycles. The minimum atomic E-state index is -0.713. The smallest absolute Gasteiger partial charge is 0.164 e. The van der Waals surface area contributed by atoms with Gasteiger partial charge in [-0.15, -0.1) is 0 Å². The van der Waals surface area contributed by atoms with Crippen LogP contribution in [0.4, 0.5) is 0 Å². The van der Waals surface area contributed by atoms with Crippen molar-refractivity contribution in [3.63, 3.8) is 0 Å². The summed E-state index contributed by atoms with van der Waals surface area (Å²) in [5.74, 6) is 0.778. The van der Waals surface area contributed by atoms with Gasteiger partial charge in [-0.2, -0.15) is 0 Å². The van der Waals surface area contributed by atoms with Gasteiger partial charge >= 0.3 is 0 Å². The number of aromatic hydroxyl groups is 1. The molecule has 2 rings (SSSR count). The largest absolute Gasteiger partial charge is 0.508 e. The van der Waals surface area contributed by atoms with Crippen molar-refractivity contribution in [2.45, 2.75) is 18.9 Å². The van der Waals surface area contributed by atoms with Gasteiger partial charge in [0.15, 0.2) is 11.5 Å². The summed E-state index contributed by atoms with van der Waals surface area (Å²) in [6.45, 7) is 1.86. The van der Waals surface area contributed by atoms with E-state index in [1.807, 2.05) is 37.3 Å². The number of aliphatic hydroxyl groups excluding tert-OH is 1. The van der Waals surface area contributed by atoms with Gasteiger partial charge in [0, 0.05) is 17.5 Å². The fourth-order valence-electron chi connectivity index (χ4n) is 2.36. The van der Waals surface area contributed by atoms with Gasteiger partial charge in [0.25, 0.3) is 0 Å². The average Bonchev–Trinajstić information content (AvgIpc) is 2.54. The summed E-state index contributed by atoms with van der Waals surface area (Å²) in [5.41, 5.74) is 1.42. The van der Waals surface area contributed by atoms with E-state index in [2.05, 4.69) is 0 Å². The highest BCUT2D eigenvalue weighted by atomic mass is 16.5. The maximum Gasteiger partial charge on any atom is 0.164 e. The molecule has 0 bridgehead atoms. The molecule has 0 radical (unpaired) electrons. The van der Waals surface area contributed by atoms with Crippen LogP contribution in [0, 0.1) is 0 Å². The first-order valence-corrected chi connectivity index (χ1v) is 6.76. The molecule has 21 heavy (non-hydrogen) atoms. The number of phenols is 1. The molecular formula is C17H20O4. The van der Waals surface area contributed by atoms with Gasteiger partial charge in [0.1, 0.15) is 5.75 Å². The summed E-state index contributed by atoms with van der Waals surface area (Å²) in [6, 6.07) is 12.6. The van der Waals surface area contributed by atoms with Crippen molar-refractivity contribution < 1.29 is 19.7 Å². The fraction of sp³-hybridized carbons (Fsp3) is 0.294. The number of hydrogen-bond acceptors (Lipinski definition) is 4. The Labute approximate surface area is 124 Å². The molecule has 4 nitrogen and oxygen atoms in total. The summed E-state index contributed by atoms with van der Waals surface area (Å²) < 4.78 is 10.4.